The fourth-order valence-corrected chi connectivity index (χ4v) is 5.54. The van der Waals surface area contributed by atoms with E-state index in [-0.39, 0.29) is 70.4 Å². The summed E-state index contributed by atoms with van der Waals surface area (Å²) in [7, 11) is 0. The van der Waals surface area contributed by atoms with Crippen molar-refractivity contribution in [3.8, 4) is 0 Å². The summed E-state index contributed by atoms with van der Waals surface area (Å²) in [5.74, 6) is -2.69. The van der Waals surface area contributed by atoms with Crippen molar-refractivity contribution < 1.29 is 58.9 Å². The van der Waals surface area contributed by atoms with Crippen LogP contribution in [-0.4, -0.2) is 64.4 Å². The summed E-state index contributed by atoms with van der Waals surface area (Å²) in [5, 5.41) is 24.3. The van der Waals surface area contributed by atoms with Crippen LogP contribution in [0, 0.1) is 11.8 Å². The van der Waals surface area contributed by atoms with Crippen LogP contribution < -0.4 is 40.0 Å². The van der Waals surface area contributed by atoms with Crippen LogP contribution in [0.2, 0.25) is 0 Å². The fraction of sp³-hybridized carbons (Fsp3) is 0.706. The Morgan fingerprint density at radius 3 is 2.70 bits per heavy atom. The van der Waals surface area contributed by atoms with E-state index in [2.05, 4.69) is 5.32 Å². The van der Waals surface area contributed by atoms with E-state index in [0.717, 1.165) is 6.42 Å². The number of nitrogens with one attached hydrogen (secondary N) is 1. The third-order valence-electron chi connectivity index (χ3n) is 5.28. The standard InChI is InChI=1S/C17H24N2O6S.Na/c1-7-13-12(8(2)20)16(22)19(13)14(17(23)24)15(7)26-11-4-5-25-10(11)6-18-9(3)21;/h7-8,10-13,20H,4-6H2,1-3H3,(H,18,21)(H,23,24);/q;+1/p-1/t7-,8-,10-,11-,12-,13-;/m1./s1. The molecule has 2 amide bonds. The number of carbonyl (C=O) groups is 3. The molecule has 0 aromatic rings. The summed E-state index contributed by atoms with van der Waals surface area (Å²) in [6, 6.07) is -0.353. The number of carbonyl (C=O) groups excluding carboxylic acids is 3. The third-order valence-corrected chi connectivity index (χ3v) is 6.94. The molecule has 0 aromatic carbocycles. The molecular weight excluding hydrogens is 383 g/mol. The number of hydrogen-bond acceptors (Lipinski definition) is 7. The Morgan fingerprint density at radius 2 is 2.15 bits per heavy atom. The Kier molecular flexibility index (Phi) is 7.43. The Morgan fingerprint density at radius 1 is 1.48 bits per heavy atom. The van der Waals surface area contributed by atoms with Gasteiger partial charge < -0.3 is 30.0 Å². The van der Waals surface area contributed by atoms with Gasteiger partial charge in [-0.3, -0.25) is 9.59 Å². The van der Waals surface area contributed by atoms with Crippen molar-refractivity contribution in [2.75, 3.05) is 13.2 Å². The van der Waals surface area contributed by atoms with Crippen LogP contribution in [0.3, 0.4) is 0 Å². The van der Waals surface area contributed by atoms with Crippen LogP contribution in [-0.2, 0) is 19.1 Å². The molecule has 6 atom stereocenters. The van der Waals surface area contributed by atoms with Gasteiger partial charge in [0, 0.05) is 36.1 Å². The first-order chi connectivity index (χ1) is 12.2. The zero-order valence-corrected chi connectivity index (χ0v) is 18.7. The molecule has 3 aliphatic rings. The minimum atomic E-state index is -1.38. The van der Waals surface area contributed by atoms with Gasteiger partial charge >= 0.3 is 29.6 Å². The Bertz CT molecular complexity index is 670. The zero-order valence-electron chi connectivity index (χ0n) is 15.9. The monoisotopic (exact) mass is 406 g/mol. The average Bonchev–Trinajstić information content (AvgIpc) is 3.07. The van der Waals surface area contributed by atoms with Crippen LogP contribution in [0.5, 0.6) is 0 Å². The predicted molar refractivity (Wildman–Crippen MR) is 91.4 cm³/mol. The first kappa shape index (κ1) is 22.7. The molecule has 0 aliphatic carbocycles. The van der Waals surface area contributed by atoms with E-state index in [9.17, 15) is 24.6 Å². The molecule has 10 heteroatoms. The number of nitrogens with zero attached hydrogens (tertiary/aromatic N) is 1. The summed E-state index contributed by atoms with van der Waals surface area (Å²) in [6.45, 7) is 5.74. The predicted octanol–water partition coefficient (Wildman–Crippen LogP) is -4.16. The normalized spacial score (nSPS) is 33.3. The topological polar surface area (TPSA) is 119 Å². The maximum Gasteiger partial charge on any atom is 1.00 e. The van der Waals surface area contributed by atoms with Gasteiger partial charge in [-0.2, -0.15) is 0 Å². The second-order valence-electron chi connectivity index (χ2n) is 7.05. The third kappa shape index (κ3) is 4.09. The average molecular weight is 406 g/mol. The molecular formula is C17H23N2NaO6S. The largest absolute Gasteiger partial charge is 1.00 e. The van der Waals surface area contributed by atoms with E-state index >= 15 is 0 Å². The number of carboxylic acids is 1. The van der Waals surface area contributed by atoms with Gasteiger partial charge in [-0.05, 0) is 13.3 Å². The van der Waals surface area contributed by atoms with E-state index in [1.807, 2.05) is 6.92 Å². The molecule has 0 bridgehead atoms. The molecule has 27 heavy (non-hydrogen) atoms. The number of rotatable bonds is 6. The molecule has 2 fully saturated rings. The summed E-state index contributed by atoms with van der Waals surface area (Å²) in [6.07, 6.45) is -0.326. The van der Waals surface area contributed by atoms with Gasteiger partial charge in [-0.25, -0.2) is 0 Å². The minimum Gasteiger partial charge on any atom is -0.543 e. The molecule has 0 radical (unpaired) electrons. The van der Waals surface area contributed by atoms with Crippen molar-refractivity contribution in [1.82, 2.24) is 10.2 Å². The van der Waals surface area contributed by atoms with Gasteiger partial charge in [-0.15, -0.1) is 11.8 Å². The van der Waals surface area contributed by atoms with Gasteiger partial charge in [0.25, 0.3) is 0 Å². The number of thioether (sulfide) groups is 1. The van der Waals surface area contributed by atoms with Gasteiger partial charge in [0.15, 0.2) is 0 Å². The number of fused-ring (bicyclic) bond motifs is 1. The zero-order chi connectivity index (χ0) is 19.2. The second-order valence-corrected chi connectivity index (χ2v) is 8.33. The quantitative estimate of drug-likeness (QED) is 0.339. The summed E-state index contributed by atoms with van der Waals surface area (Å²) >= 11 is 1.39. The smallest absolute Gasteiger partial charge is 0.543 e. The SMILES string of the molecule is CC(=O)NC[C@H]1OCC[C@H]1SC1=C(C(=O)[O-])N2C(=O)[C@H]([C@@H](C)O)[C@H]2[C@H]1C.[Na+]. The number of hydrogen-bond donors (Lipinski definition) is 2. The van der Waals surface area contributed by atoms with Crippen molar-refractivity contribution >= 4 is 29.5 Å². The molecule has 144 valence electrons. The molecule has 3 rings (SSSR count). The summed E-state index contributed by atoms with van der Waals surface area (Å²) in [5.41, 5.74) is -0.0837. The minimum absolute atomic E-state index is 0. The van der Waals surface area contributed by atoms with E-state index in [4.69, 9.17) is 4.74 Å². The Hall–Kier alpha value is -0.580. The first-order valence-electron chi connectivity index (χ1n) is 8.73. The number of aliphatic hydroxyl groups excluding tert-OH is 1. The van der Waals surface area contributed by atoms with Crippen LogP contribution >= 0.6 is 11.8 Å². The molecule has 0 spiro atoms. The van der Waals surface area contributed by atoms with Gasteiger partial charge in [0.2, 0.25) is 11.8 Å². The van der Waals surface area contributed by atoms with Crippen LogP contribution in [0.4, 0.5) is 0 Å². The van der Waals surface area contributed by atoms with Crippen LogP contribution in [0.1, 0.15) is 27.2 Å². The Balaban J connectivity index is 0.00000261. The van der Waals surface area contributed by atoms with Crippen LogP contribution in [0.25, 0.3) is 0 Å². The first-order valence-corrected chi connectivity index (χ1v) is 9.61. The van der Waals surface area contributed by atoms with E-state index < -0.39 is 18.0 Å². The van der Waals surface area contributed by atoms with Crippen molar-refractivity contribution in [1.29, 1.82) is 0 Å². The van der Waals surface area contributed by atoms with E-state index in [0.29, 0.717) is 18.1 Å². The van der Waals surface area contributed by atoms with Gasteiger partial charge in [0.05, 0.1) is 35.8 Å². The van der Waals surface area contributed by atoms with Gasteiger partial charge in [-0.1, -0.05) is 6.92 Å². The van der Waals surface area contributed by atoms with Crippen LogP contribution in [0.15, 0.2) is 10.6 Å². The molecule has 3 heterocycles. The molecule has 8 nitrogen and oxygen atoms in total. The molecule has 2 N–H and O–H groups in total. The fourth-order valence-electron chi connectivity index (χ4n) is 4.03. The number of aliphatic hydroxyl groups is 1. The summed E-state index contributed by atoms with van der Waals surface area (Å²) < 4.78 is 5.67. The number of amides is 2. The van der Waals surface area contributed by atoms with Crippen molar-refractivity contribution in [2.24, 2.45) is 11.8 Å². The molecule has 0 unspecified atom stereocenters. The number of ether oxygens (including phenoxy) is 1. The van der Waals surface area contributed by atoms with E-state index in [1.54, 1.807) is 6.92 Å². The molecule has 2 saturated heterocycles. The maximum atomic E-state index is 12.3. The van der Waals surface area contributed by atoms with Crippen molar-refractivity contribution in [3.63, 3.8) is 0 Å². The number of aliphatic carboxylic acids is 1. The molecule has 0 saturated carbocycles. The van der Waals surface area contributed by atoms with E-state index in [1.165, 1.54) is 23.6 Å². The number of carboxylic acid groups (broad SMARTS) is 1. The maximum absolute atomic E-state index is 12.3. The second kappa shape index (κ2) is 8.84. The molecule has 3 aliphatic heterocycles. The van der Waals surface area contributed by atoms with Crippen molar-refractivity contribution in [3.05, 3.63) is 10.6 Å². The summed E-state index contributed by atoms with van der Waals surface area (Å²) in [4.78, 5) is 37.0. The van der Waals surface area contributed by atoms with Gasteiger partial charge in [0.1, 0.15) is 0 Å². The number of β-lactam (4-membered cyclic amide) rings is 1. The molecule has 0 aromatic heterocycles. The Labute approximate surface area is 184 Å². The van der Waals surface area contributed by atoms with Crippen molar-refractivity contribution in [2.45, 2.75) is 50.7 Å².